The Bertz CT molecular complexity index is 657. The topological polar surface area (TPSA) is 85.9 Å². The van der Waals surface area contributed by atoms with Gasteiger partial charge in [-0.25, -0.2) is 9.78 Å². The van der Waals surface area contributed by atoms with E-state index in [-0.39, 0.29) is 6.03 Å². The molecule has 1 aliphatic rings. The maximum atomic E-state index is 12.0. The van der Waals surface area contributed by atoms with Crippen molar-refractivity contribution in [2.75, 3.05) is 28.6 Å². The van der Waals surface area contributed by atoms with Crippen molar-refractivity contribution in [2.45, 2.75) is 32.6 Å². The zero-order chi connectivity index (χ0) is 16.2. The fourth-order valence-electron chi connectivity index (χ4n) is 2.57. The zero-order valence-electron chi connectivity index (χ0n) is 13.5. The zero-order valence-corrected chi connectivity index (χ0v) is 13.5. The minimum atomic E-state index is -0.331. The molecule has 2 aromatic heterocycles. The molecule has 7 heteroatoms. The predicted molar refractivity (Wildman–Crippen MR) is 91.0 cm³/mol. The highest BCUT2D eigenvalue weighted by molar-refractivity contribution is 5.99. The lowest BCUT2D eigenvalue weighted by Crippen LogP contribution is -2.21. The monoisotopic (exact) mass is 314 g/mol. The first-order chi connectivity index (χ1) is 11.1. The number of carbonyl (C=O) groups excluding carboxylic acids is 1. The first-order valence-electron chi connectivity index (χ1n) is 7.96. The van der Waals surface area contributed by atoms with Gasteiger partial charge in [-0.05, 0) is 30.9 Å². The molecule has 2 amide bonds. The summed E-state index contributed by atoms with van der Waals surface area (Å²) in [4.78, 5) is 18.6. The molecule has 0 saturated carbocycles. The van der Waals surface area contributed by atoms with Crippen LogP contribution in [-0.4, -0.2) is 34.3 Å². The molecular weight excluding hydrogens is 292 g/mol. The predicted octanol–water partition coefficient (Wildman–Crippen LogP) is 3.17. The second-order valence-corrected chi connectivity index (χ2v) is 6.04. The Kier molecular flexibility index (Phi) is 4.45. The number of urea groups is 1. The van der Waals surface area contributed by atoms with Crippen LogP contribution >= 0.6 is 0 Å². The molecular formula is C16H22N6O. The number of pyridine rings is 1. The number of nitrogens with one attached hydrogen (secondary N) is 3. The Labute approximate surface area is 135 Å². The first-order valence-corrected chi connectivity index (χ1v) is 7.96. The van der Waals surface area contributed by atoms with Crippen molar-refractivity contribution in [3.8, 4) is 0 Å². The lowest BCUT2D eigenvalue weighted by molar-refractivity contribution is 0.262. The number of aromatic nitrogens is 3. The highest BCUT2D eigenvalue weighted by atomic mass is 16.2. The summed E-state index contributed by atoms with van der Waals surface area (Å²) in [5.74, 6) is 1.80. The van der Waals surface area contributed by atoms with Gasteiger partial charge in [-0.3, -0.25) is 10.4 Å². The van der Waals surface area contributed by atoms with Crippen LogP contribution in [0.15, 0.2) is 24.4 Å². The highest BCUT2D eigenvalue weighted by Gasteiger charge is 2.13. The number of aromatic amines is 1. The highest BCUT2D eigenvalue weighted by Crippen LogP contribution is 2.19. The summed E-state index contributed by atoms with van der Waals surface area (Å²) >= 11 is 0. The van der Waals surface area contributed by atoms with Gasteiger partial charge in [0.2, 0.25) is 0 Å². The molecule has 7 nitrogen and oxygen atoms in total. The lowest BCUT2D eigenvalue weighted by Gasteiger charge is -2.16. The summed E-state index contributed by atoms with van der Waals surface area (Å²) in [6.45, 7) is 6.23. The molecule has 0 spiro atoms. The molecule has 0 bridgehead atoms. The fourth-order valence-corrected chi connectivity index (χ4v) is 2.57. The van der Waals surface area contributed by atoms with Gasteiger partial charge in [0.15, 0.2) is 5.82 Å². The van der Waals surface area contributed by atoms with Crippen LogP contribution in [0.25, 0.3) is 0 Å². The molecule has 0 atom stereocenters. The quantitative estimate of drug-likeness (QED) is 0.809. The number of anilines is 3. The van der Waals surface area contributed by atoms with Crippen molar-refractivity contribution >= 4 is 23.4 Å². The normalized spacial score (nSPS) is 14.3. The van der Waals surface area contributed by atoms with Gasteiger partial charge in [0.05, 0.1) is 11.9 Å². The maximum Gasteiger partial charge on any atom is 0.324 e. The van der Waals surface area contributed by atoms with Crippen molar-refractivity contribution in [3.63, 3.8) is 0 Å². The van der Waals surface area contributed by atoms with Crippen LogP contribution in [0, 0.1) is 0 Å². The van der Waals surface area contributed by atoms with Crippen LogP contribution in [0.4, 0.5) is 22.1 Å². The van der Waals surface area contributed by atoms with E-state index in [0.29, 0.717) is 17.4 Å². The average molecular weight is 314 g/mol. The molecule has 1 saturated heterocycles. The molecule has 2 aromatic rings. The van der Waals surface area contributed by atoms with Gasteiger partial charge in [0, 0.05) is 24.8 Å². The summed E-state index contributed by atoms with van der Waals surface area (Å²) in [6, 6.07) is 5.30. The Morgan fingerprint density at radius 3 is 2.65 bits per heavy atom. The van der Waals surface area contributed by atoms with Crippen molar-refractivity contribution in [3.05, 3.63) is 30.1 Å². The van der Waals surface area contributed by atoms with Crippen LogP contribution in [-0.2, 0) is 0 Å². The fraction of sp³-hybridized carbons (Fsp3) is 0.438. The van der Waals surface area contributed by atoms with Gasteiger partial charge >= 0.3 is 6.03 Å². The number of amides is 2. The van der Waals surface area contributed by atoms with Crippen molar-refractivity contribution in [1.29, 1.82) is 0 Å². The summed E-state index contributed by atoms with van der Waals surface area (Å²) in [5, 5.41) is 12.4. The maximum absolute atomic E-state index is 12.0. The Morgan fingerprint density at radius 1 is 1.26 bits per heavy atom. The minimum Gasteiger partial charge on any atom is -0.357 e. The van der Waals surface area contributed by atoms with Gasteiger partial charge in [0.25, 0.3) is 0 Å². The van der Waals surface area contributed by atoms with E-state index in [2.05, 4.69) is 44.6 Å². The number of hydrogen-bond donors (Lipinski definition) is 3. The Balaban J connectivity index is 1.56. The van der Waals surface area contributed by atoms with Gasteiger partial charge in [-0.2, -0.15) is 5.10 Å². The number of H-pyrrole nitrogens is 1. The third-order valence-electron chi connectivity index (χ3n) is 3.90. The lowest BCUT2D eigenvalue weighted by atomic mass is 10.1. The van der Waals surface area contributed by atoms with E-state index in [1.54, 1.807) is 6.20 Å². The molecule has 0 radical (unpaired) electrons. The van der Waals surface area contributed by atoms with Gasteiger partial charge in [0.1, 0.15) is 5.82 Å². The van der Waals surface area contributed by atoms with Gasteiger partial charge in [-0.15, -0.1) is 0 Å². The summed E-state index contributed by atoms with van der Waals surface area (Å²) in [5.41, 5.74) is 1.64. The molecule has 3 N–H and O–H groups in total. The molecule has 23 heavy (non-hydrogen) atoms. The van der Waals surface area contributed by atoms with E-state index < -0.39 is 0 Å². The van der Waals surface area contributed by atoms with Crippen LogP contribution in [0.5, 0.6) is 0 Å². The molecule has 0 aliphatic carbocycles. The van der Waals surface area contributed by atoms with Crippen molar-refractivity contribution in [2.24, 2.45) is 0 Å². The number of rotatable bonds is 4. The molecule has 1 aliphatic heterocycles. The van der Waals surface area contributed by atoms with E-state index in [1.165, 1.54) is 12.8 Å². The van der Waals surface area contributed by atoms with Crippen molar-refractivity contribution in [1.82, 2.24) is 15.2 Å². The average Bonchev–Trinajstić information content (AvgIpc) is 3.19. The number of carbonyl (C=O) groups is 1. The van der Waals surface area contributed by atoms with E-state index in [4.69, 9.17) is 0 Å². The molecule has 0 aromatic carbocycles. The molecule has 1 fully saturated rings. The van der Waals surface area contributed by atoms with E-state index in [1.807, 2.05) is 18.2 Å². The van der Waals surface area contributed by atoms with Crippen molar-refractivity contribution < 1.29 is 4.79 Å². The molecule has 122 valence electrons. The van der Waals surface area contributed by atoms with E-state index in [0.717, 1.165) is 24.6 Å². The van der Waals surface area contributed by atoms with Crippen LogP contribution in [0.3, 0.4) is 0 Å². The van der Waals surface area contributed by atoms with Crippen LogP contribution < -0.4 is 15.5 Å². The molecule has 3 heterocycles. The Morgan fingerprint density at radius 2 is 2.04 bits per heavy atom. The third-order valence-corrected chi connectivity index (χ3v) is 3.90. The van der Waals surface area contributed by atoms with Gasteiger partial charge < -0.3 is 10.2 Å². The second-order valence-electron chi connectivity index (χ2n) is 6.04. The SMILES string of the molecule is CC(C)c1cc(NC(=O)Nc2ccc(N3CCCC3)nc2)n[nH]1. The minimum absolute atomic E-state index is 0.331. The van der Waals surface area contributed by atoms with Gasteiger partial charge in [-0.1, -0.05) is 13.8 Å². The Hall–Kier alpha value is -2.57. The second kappa shape index (κ2) is 6.68. The summed E-state index contributed by atoms with van der Waals surface area (Å²) in [7, 11) is 0. The largest absolute Gasteiger partial charge is 0.357 e. The molecule has 3 rings (SSSR count). The third kappa shape index (κ3) is 3.80. The molecule has 0 unspecified atom stereocenters. The van der Waals surface area contributed by atoms with E-state index in [9.17, 15) is 4.79 Å². The first kappa shape index (κ1) is 15.3. The number of nitrogens with zero attached hydrogens (tertiary/aromatic N) is 3. The summed E-state index contributed by atoms with van der Waals surface area (Å²) in [6.07, 6.45) is 4.11. The summed E-state index contributed by atoms with van der Waals surface area (Å²) < 4.78 is 0. The standard InChI is InChI=1S/C16H22N6O/c1-11(2)13-9-14(21-20-13)19-16(23)18-12-5-6-15(17-10-12)22-7-3-4-8-22/h5-6,9-11H,3-4,7-8H2,1-2H3,(H3,18,19,20,21,23). The van der Waals surface area contributed by atoms with E-state index >= 15 is 0 Å². The van der Waals surface area contributed by atoms with Crippen LogP contribution in [0.1, 0.15) is 38.3 Å². The van der Waals surface area contributed by atoms with Crippen LogP contribution in [0.2, 0.25) is 0 Å². The number of hydrogen-bond acceptors (Lipinski definition) is 4. The smallest absolute Gasteiger partial charge is 0.324 e.